The predicted octanol–water partition coefficient (Wildman–Crippen LogP) is 2.46. The second-order valence-electron chi connectivity index (χ2n) is 8.74. The van der Waals surface area contributed by atoms with E-state index in [0.29, 0.717) is 16.3 Å². The molecule has 3 aromatic rings. The quantitative estimate of drug-likeness (QED) is 0.205. The van der Waals surface area contributed by atoms with Gasteiger partial charge in [-0.3, -0.25) is 19.9 Å². The van der Waals surface area contributed by atoms with Crippen LogP contribution in [0.1, 0.15) is 18.9 Å². The van der Waals surface area contributed by atoms with E-state index in [0.717, 1.165) is 0 Å². The zero-order valence-electron chi connectivity index (χ0n) is 21.5. The maximum Gasteiger partial charge on any atom is 0.412 e. The number of nitrogens with zero attached hydrogens (tertiary/aromatic N) is 2. The van der Waals surface area contributed by atoms with Crippen molar-refractivity contribution in [2.24, 2.45) is 5.73 Å². The Hall–Kier alpha value is -3.91. The summed E-state index contributed by atoms with van der Waals surface area (Å²) in [4.78, 5) is 41.1. The third kappa shape index (κ3) is 8.55. The van der Waals surface area contributed by atoms with Crippen LogP contribution in [0.5, 0.6) is 0 Å². The lowest BCUT2D eigenvalue weighted by Gasteiger charge is -2.31. The van der Waals surface area contributed by atoms with Gasteiger partial charge in [-0.1, -0.05) is 23.7 Å². The molecule has 2 atom stereocenters. The molecule has 0 aliphatic carbocycles. The van der Waals surface area contributed by atoms with Crippen molar-refractivity contribution in [3.8, 4) is 0 Å². The van der Waals surface area contributed by atoms with E-state index in [4.69, 9.17) is 27.2 Å². The van der Waals surface area contributed by atoms with Gasteiger partial charge in [-0.15, -0.1) is 0 Å². The SMILES string of the molecule is CC(=O)N(NCc1cccc(F)c1Cl)[C@@H](CCNC(=O)[C@@H](N)CO)COC(=O)Nc1cc2cc(F)ccc2cn1. The number of rotatable bonds is 12. The smallest absolute Gasteiger partial charge is 0.412 e. The molecule has 6 N–H and O–H groups in total. The molecule has 0 saturated heterocycles. The summed E-state index contributed by atoms with van der Waals surface area (Å²) in [6, 6.07) is 7.93. The van der Waals surface area contributed by atoms with Crippen LogP contribution >= 0.6 is 11.6 Å². The average Bonchev–Trinajstić information content (AvgIpc) is 2.92. The van der Waals surface area contributed by atoms with Gasteiger partial charge in [0, 0.05) is 31.6 Å². The molecule has 0 fully saturated rings. The summed E-state index contributed by atoms with van der Waals surface area (Å²) in [7, 11) is 0. The summed E-state index contributed by atoms with van der Waals surface area (Å²) in [5.41, 5.74) is 8.76. The zero-order chi connectivity index (χ0) is 29.2. The molecule has 0 unspecified atom stereocenters. The fourth-order valence-corrected chi connectivity index (χ4v) is 3.90. The first-order chi connectivity index (χ1) is 19.1. The summed E-state index contributed by atoms with van der Waals surface area (Å²) >= 11 is 6.02. The molecule has 1 aromatic heterocycles. The lowest BCUT2D eigenvalue weighted by molar-refractivity contribution is -0.136. The van der Waals surface area contributed by atoms with E-state index in [-0.39, 0.29) is 37.0 Å². The van der Waals surface area contributed by atoms with E-state index in [9.17, 15) is 23.2 Å². The first kappa shape index (κ1) is 30.6. The lowest BCUT2D eigenvalue weighted by Crippen LogP contribution is -2.52. The number of hydrogen-bond acceptors (Lipinski definition) is 8. The Bertz CT molecular complexity index is 1360. The highest BCUT2D eigenvalue weighted by molar-refractivity contribution is 6.31. The van der Waals surface area contributed by atoms with Crippen LogP contribution in [0.3, 0.4) is 0 Å². The van der Waals surface area contributed by atoms with Gasteiger partial charge in [0.05, 0.1) is 17.7 Å². The highest BCUT2D eigenvalue weighted by Gasteiger charge is 2.24. The van der Waals surface area contributed by atoms with Crippen molar-refractivity contribution >= 4 is 46.1 Å². The molecular weight excluding hydrogens is 550 g/mol. The molecule has 14 heteroatoms. The molecule has 0 radical (unpaired) electrons. The number of hydrogen-bond donors (Lipinski definition) is 5. The summed E-state index contributed by atoms with van der Waals surface area (Å²) in [5.74, 6) is -2.02. The number of halogens is 3. The van der Waals surface area contributed by atoms with Crippen LogP contribution in [-0.4, -0.2) is 64.8 Å². The summed E-state index contributed by atoms with van der Waals surface area (Å²) in [6.07, 6.45) is 0.677. The van der Waals surface area contributed by atoms with E-state index < -0.39 is 48.2 Å². The molecule has 0 aliphatic heterocycles. The van der Waals surface area contributed by atoms with E-state index >= 15 is 0 Å². The van der Waals surface area contributed by atoms with Crippen molar-refractivity contribution in [1.29, 1.82) is 0 Å². The van der Waals surface area contributed by atoms with Crippen LogP contribution in [0, 0.1) is 11.6 Å². The van der Waals surface area contributed by atoms with Gasteiger partial charge >= 0.3 is 6.09 Å². The predicted molar refractivity (Wildman–Crippen MR) is 144 cm³/mol. The number of pyridine rings is 1. The number of nitrogens with two attached hydrogens (primary N) is 1. The third-order valence-corrected chi connectivity index (χ3v) is 6.23. The molecule has 214 valence electrons. The van der Waals surface area contributed by atoms with Gasteiger partial charge in [0.1, 0.15) is 30.1 Å². The number of amides is 3. The molecule has 0 bridgehead atoms. The largest absolute Gasteiger partial charge is 0.447 e. The maximum atomic E-state index is 13.9. The molecular formula is C26H29ClF2N6O5. The minimum Gasteiger partial charge on any atom is -0.447 e. The van der Waals surface area contributed by atoms with Crippen molar-refractivity contribution in [1.82, 2.24) is 20.7 Å². The average molecular weight is 579 g/mol. The fraction of sp³-hybridized carbons (Fsp3) is 0.308. The highest BCUT2D eigenvalue weighted by atomic mass is 35.5. The monoisotopic (exact) mass is 578 g/mol. The van der Waals surface area contributed by atoms with Crippen LogP contribution < -0.4 is 21.8 Å². The first-order valence-electron chi connectivity index (χ1n) is 12.2. The number of aromatic nitrogens is 1. The Morgan fingerprint density at radius 2 is 1.95 bits per heavy atom. The van der Waals surface area contributed by atoms with Gasteiger partial charge < -0.3 is 20.9 Å². The van der Waals surface area contributed by atoms with Crippen molar-refractivity contribution in [3.05, 3.63) is 70.9 Å². The van der Waals surface area contributed by atoms with Crippen molar-refractivity contribution in [3.63, 3.8) is 0 Å². The summed E-state index contributed by atoms with van der Waals surface area (Å²) < 4.78 is 32.8. The highest BCUT2D eigenvalue weighted by Crippen LogP contribution is 2.20. The second kappa shape index (κ2) is 14.5. The van der Waals surface area contributed by atoms with Crippen LogP contribution in [0.2, 0.25) is 5.02 Å². The lowest BCUT2D eigenvalue weighted by atomic mass is 10.2. The normalized spacial score (nSPS) is 12.4. The number of carbonyl (C=O) groups excluding carboxylic acids is 3. The number of hydrazine groups is 1. The molecule has 11 nitrogen and oxygen atoms in total. The van der Waals surface area contributed by atoms with E-state index in [1.165, 1.54) is 48.5 Å². The minimum absolute atomic E-state index is 0.0200. The third-order valence-electron chi connectivity index (χ3n) is 5.81. The number of benzene rings is 2. The second-order valence-corrected chi connectivity index (χ2v) is 9.12. The van der Waals surface area contributed by atoms with E-state index in [2.05, 4.69) is 21.0 Å². The number of nitrogens with one attached hydrogen (secondary N) is 3. The number of anilines is 1. The molecule has 0 saturated carbocycles. The summed E-state index contributed by atoms with van der Waals surface area (Å²) in [6.45, 7) is 0.388. The number of fused-ring (bicyclic) bond motifs is 1. The van der Waals surface area contributed by atoms with Crippen molar-refractivity contribution in [2.75, 3.05) is 25.1 Å². The first-order valence-corrected chi connectivity index (χ1v) is 12.6. The maximum absolute atomic E-state index is 13.9. The fourth-order valence-electron chi connectivity index (χ4n) is 3.71. The van der Waals surface area contributed by atoms with Crippen molar-refractivity contribution in [2.45, 2.75) is 32.0 Å². The molecule has 2 aromatic carbocycles. The Balaban J connectivity index is 1.69. The van der Waals surface area contributed by atoms with Gasteiger partial charge in [-0.2, -0.15) is 0 Å². The van der Waals surface area contributed by atoms with Gasteiger partial charge in [-0.05, 0) is 47.7 Å². The number of aliphatic hydroxyl groups excluding tert-OH is 1. The number of carbonyl (C=O) groups is 3. The molecule has 0 spiro atoms. The van der Waals surface area contributed by atoms with Gasteiger partial charge in [0.15, 0.2) is 0 Å². The van der Waals surface area contributed by atoms with Gasteiger partial charge in [0.2, 0.25) is 11.8 Å². The molecule has 1 heterocycles. The van der Waals surface area contributed by atoms with Crippen molar-refractivity contribution < 1.29 is 33.0 Å². The standard InChI is InChI=1S/C26H29ClF2N6O5/c1-15(37)35(33-12-17-3-2-4-21(29)24(17)27)20(7-8-31-25(38)22(30)13-36)14-40-26(39)34-23-10-18-9-19(28)6-5-16(18)11-32-23/h2-6,9-11,20,22,33,36H,7-8,12-14,30H2,1H3,(H,31,38)(H,32,34,39)/t20-,22-/m0/s1. The van der Waals surface area contributed by atoms with Crippen LogP contribution in [0.15, 0.2) is 48.7 Å². The molecule has 0 aliphatic rings. The van der Waals surface area contributed by atoms with Crippen LogP contribution in [0.4, 0.5) is 19.4 Å². The minimum atomic E-state index is -1.12. The van der Waals surface area contributed by atoms with E-state index in [1.807, 2.05) is 0 Å². The number of aliphatic hydroxyl groups is 1. The Labute approximate surface area is 233 Å². The number of ether oxygens (including phenoxy) is 1. The molecule has 3 rings (SSSR count). The van der Waals surface area contributed by atoms with E-state index in [1.54, 1.807) is 12.1 Å². The molecule has 3 amide bonds. The Morgan fingerprint density at radius 1 is 1.18 bits per heavy atom. The van der Waals surface area contributed by atoms with Crippen LogP contribution in [-0.2, 0) is 20.9 Å². The van der Waals surface area contributed by atoms with Gasteiger partial charge in [-0.25, -0.2) is 24.0 Å². The zero-order valence-corrected chi connectivity index (χ0v) is 22.3. The Kier molecular flexibility index (Phi) is 11.1. The van der Waals surface area contributed by atoms with Gasteiger partial charge in [0.25, 0.3) is 0 Å². The molecule has 40 heavy (non-hydrogen) atoms. The topological polar surface area (TPSA) is 159 Å². The summed E-state index contributed by atoms with van der Waals surface area (Å²) in [5, 5.41) is 16.3. The van der Waals surface area contributed by atoms with Crippen LogP contribution in [0.25, 0.3) is 10.8 Å². The Morgan fingerprint density at radius 3 is 2.67 bits per heavy atom.